The highest BCUT2D eigenvalue weighted by Gasteiger charge is 2.34. The van der Waals surface area contributed by atoms with Crippen LogP contribution in [0.5, 0.6) is 0 Å². The molecular weight excluding hydrogens is 591 g/mol. The highest BCUT2D eigenvalue weighted by atomic mass is 35.5. The molecule has 0 unspecified atom stereocenters. The summed E-state index contributed by atoms with van der Waals surface area (Å²) >= 11 is 5.03. The number of imidazole rings is 1. The molecule has 1 aromatic heterocycles. The van der Waals surface area contributed by atoms with Gasteiger partial charge in [0, 0.05) is 30.1 Å². The number of nitrogens with zero attached hydrogens (tertiary/aromatic N) is 3. The molecule has 0 spiro atoms. The number of carbonyl (C=O) groups excluding carboxylic acids is 1. The minimum Gasteiger partial charge on any atom is -0.411 e. The Hall–Kier alpha value is -3.96. The minimum atomic E-state index is -4.60. The van der Waals surface area contributed by atoms with Crippen molar-refractivity contribution in [3.05, 3.63) is 90.3 Å². The van der Waals surface area contributed by atoms with Gasteiger partial charge in [-0.15, -0.1) is 0 Å². The average Bonchev–Trinajstić information content (AvgIpc) is 3.37. The smallest absolute Gasteiger partial charge is 0.411 e. The van der Waals surface area contributed by atoms with Gasteiger partial charge in [0.05, 0.1) is 10.5 Å². The summed E-state index contributed by atoms with van der Waals surface area (Å²) in [6, 6.07) is 18.5. The second kappa shape index (κ2) is 13.3. The normalized spacial score (nSPS) is 12.2. The fourth-order valence-corrected chi connectivity index (χ4v) is 4.94. The van der Waals surface area contributed by atoms with Gasteiger partial charge in [-0.3, -0.25) is 9.36 Å². The minimum absolute atomic E-state index is 0.0303. The van der Waals surface area contributed by atoms with Crippen LogP contribution >= 0.6 is 11.6 Å². The monoisotopic (exact) mass is 619 g/mol. The van der Waals surface area contributed by atoms with Crippen molar-refractivity contribution in [2.75, 3.05) is 6.26 Å². The first kappa shape index (κ1) is 32.6. The summed E-state index contributed by atoms with van der Waals surface area (Å²) in [5.41, 5.74) is 1.31. The lowest BCUT2D eigenvalue weighted by Gasteiger charge is -2.14. The van der Waals surface area contributed by atoms with Crippen molar-refractivity contribution in [1.82, 2.24) is 9.55 Å². The van der Waals surface area contributed by atoms with Crippen LogP contribution in [0, 0.1) is 5.92 Å². The van der Waals surface area contributed by atoms with Crippen molar-refractivity contribution in [3.63, 3.8) is 0 Å². The van der Waals surface area contributed by atoms with Gasteiger partial charge in [0.25, 0.3) is 0 Å². The summed E-state index contributed by atoms with van der Waals surface area (Å²) in [4.78, 5) is 14.5. The van der Waals surface area contributed by atoms with Crippen molar-refractivity contribution in [3.8, 4) is 28.2 Å². The molecule has 222 valence electrons. The molecule has 4 rings (SSSR count). The lowest BCUT2D eigenvalue weighted by Crippen LogP contribution is -2.09. The van der Waals surface area contributed by atoms with Crippen LogP contribution < -0.4 is 0 Å². The number of benzene rings is 3. The van der Waals surface area contributed by atoms with E-state index in [9.17, 15) is 31.6 Å². The number of hydrogen-bond acceptors (Lipinski definition) is 6. The zero-order valence-corrected chi connectivity index (χ0v) is 24.8. The summed E-state index contributed by atoms with van der Waals surface area (Å²) < 4.78 is 66.4. The van der Waals surface area contributed by atoms with E-state index in [-0.39, 0.29) is 32.9 Å². The lowest BCUT2D eigenvalue weighted by molar-refractivity contribution is -0.137. The van der Waals surface area contributed by atoms with Crippen molar-refractivity contribution in [2.45, 2.75) is 38.3 Å². The molecule has 1 heterocycles. The number of rotatable bonds is 7. The molecule has 0 aliphatic carbocycles. The van der Waals surface area contributed by atoms with E-state index in [0.717, 1.165) is 17.9 Å². The molecule has 0 aliphatic rings. The summed E-state index contributed by atoms with van der Waals surface area (Å²) in [5, 5.41) is 12.1. The molecule has 0 saturated carbocycles. The first-order chi connectivity index (χ1) is 19.6. The third-order valence-electron chi connectivity index (χ3n) is 6.01. The molecule has 0 saturated heterocycles. The molecule has 4 aromatic rings. The molecule has 0 radical (unpaired) electrons. The van der Waals surface area contributed by atoms with Crippen LogP contribution in [0.2, 0.25) is 0 Å². The van der Waals surface area contributed by atoms with Gasteiger partial charge >= 0.3 is 6.18 Å². The van der Waals surface area contributed by atoms with Crippen LogP contribution in [0.4, 0.5) is 13.2 Å². The molecule has 1 N–H and O–H groups in total. The molecular formula is C30H29ClF3N3O4S. The van der Waals surface area contributed by atoms with Gasteiger partial charge < -0.3 is 5.21 Å². The highest BCUT2D eigenvalue weighted by molar-refractivity contribution is 7.90. The van der Waals surface area contributed by atoms with E-state index in [4.69, 9.17) is 11.6 Å². The molecule has 0 amide bonds. The number of hydrogen-bond donors (Lipinski definition) is 1. The first-order valence-corrected chi connectivity index (χ1v) is 14.9. The van der Waals surface area contributed by atoms with Crippen LogP contribution in [0.3, 0.4) is 0 Å². The number of aromatic nitrogens is 2. The predicted octanol–water partition coefficient (Wildman–Crippen LogP) is 7.62. The zero-order chi connectivity index (χ0) is 31.2. The van der Waals surface area contributed by atoms with Crippen molar-refractivity contribution < 1.29 is 31.6 Å². The Morgan fingerprint density at radius 2 is 1.67 bits per heavy atom. The molecule has 0 aliphatic heterocycles. The molecule has 0 bridgehead atoms. The maximum Gasteiger partial charge on any atom is 0.417 e. The zero-order valence-electron chi connectivity index (χ0n) is 23.2. The van der Waals surface area contributed by atoms with Gasteiger partial charge in [-0.05, 0) is 65.9 Å². The standard InChI is InChI=1S/C25H20F3N3O3S.C5H9ClO/c1-16(30-32)23-15-31(24(29-23)21-8-3-4-9-22(21)25(26,27)28)19-12-10-17(11-13-19)18-6-5-7-20(14-18)35(2,33)34;1-4(2)3-5(6)7/h3-15,32H,1-2H3;4H,3H2,1-2H3/b30-16+;. The van der Waals surface area contributed by atoms with E-state index in [2.05, 4.69) is 10.1 Å². The van der Waals surface area contributed by atoms with Gasteiger partial charge in [-0.1, -0.05) is 61.5 Å². The number of carbonyl (C=O) groups is 1. The average molecular weight is 620 g/mol. The van der Waals surface area contributed by atoms with E-state index in [1.807, 2.05) is 13.8 Å². The van der Waals surface area contributed by atoms with E-state index in [1.165, 1.54) is 42.0 Å². The number of sulfone groups is 1. The Morgan fingerprint density at radius 1 is 1.02 bits per heavy atom. The van der Waals surface area contributed by atoms with Crippen molar-refractivity contribution >= 4 is 32.4 Å². The summed E-state index contributed by atoms with van der Waals surface area (Å²) in [5.74, 6) is 0.424. The Labute approximate surface area is 247 Å². The maximum atomic E-state index is 13.7. The van der Waals surface area contributed by atoms with Gasteiger partial charge in [0.1, 0.15) is 17.2 Å². The topological polar surface area (TPSA) is 102 Å². The summed E-state index contributed by atoms with van der Waals surface area (Å²) in [7, 11) is -3.38. The van der Waals surface area contributed by atoms with Crippen molar-refractivity contribution in [1.29, 1.82) is 0 Å². The molecule has 12 heteroatoms. The third kappa shape index (κ3) is 8.29. The number of halogens is 4. The maximum absolute atomic E-state index is 13.7. The van der Waals surface area contributed by atoms with Gasteiger partial charge in [-0.25, -0.2) is 13.4 Å². The van der Waals surface area contributed by atoms with Gasteiger partial charge in [-0.2, -0.15) is 13.2 Å². The Kier molecular flexibility index (Phi) is 10.3. The van der Waals surface area contributed by atoms with E-state index >= 15 is 0 Å². The quantitative estimate of drug-likeness (QED) is 0.0992. The van der Waals surface area contributed by atoms with E-state index in [0.29, 0.717) is 23.6 Å². The molecule has 42 heavy (non-hydrogen) atoms. The summed E-state index contributed by atoms with van der Waals surface area (Å²) in [6.07, 6.45) is -1.48. The van der Waals surface area contributed by atoms with E-state index < -0.39 is 21.6 Å². The van der Waals surface area contributed by atoms with Crippen molar-refractivity contribution in [2.24, 2.45) is 11.1 Å². The van der Waals surface area contributed by atoms with Gasteiger partial charge in [0.15, 0.2) is 9.84 Å². The van der Waals surface area contributed by atoms with E-state index in [1.54, 1.807) is 42.5 Å². The second-order valence-corrected chi connectivity index (χ2v) is 12.3. The molecule has 0 fully saturated rings. The Bertz CT molecular complexity index is 1700. The molecule has 3 aromatic carbocycles. The van der Waals surface area contributed by atoms with Crippen LogP contribution in [0.15, 0.2) is 89.0 Å². The molecule has 7 nitrogen and oxygen atoms in total. The van der Waals surface area contributed by atoms with Crippen LogP contribution in [-0.4, -0.2) is 40.4 Å². The van der Waals surface area contributed by atoms with Gasteiger partial charge in [0.2, 0.25) is 5.24 Å². The predicted molar refractivity (Wildman–Crippen MR) is 157 cm³/mol. The second-order valence-electron chi connectivity index (χ2n) is 9.85. The summed E-state index contributed by atoms with van der Waals surface area (Å²) in [6.45, 7) is 5.41. The largest absolute Gasteiger partial charge is 0.417 e. The fourth-order valence-electron chi connectivity index (χ4n) is 3.96. The number of oxime groups is 1. The SMILES string of the molecule is C/C(=N\O)c1cn(-c2ccc(-c3cccc(S(C)(=O)=O)c3)cc2)c(-c2ccccc2C(F)(F)F)n1.CC(C)CC(=O)Cl. The third-order valence-corrected chi connectivity index (χ3v) is 7.27. The fraction of sp³-hybridized carbons (Fsp3) is 0.233. The number of alkyl halides is 3. The lowest BCUT2D eigenvalue weighted by atomic mass is 10.0. The van der Waals surface area contributed by atoms with Crippen LogP contribution in [-0.2, 0) is 20.8 Å². The first-order valence-electron chi connectivity index (χ1n) is 12.7. The Morgan fingerprint density at radius 3 is 2.19 bits per heavy atom. The van der Waals surface area contributed by atoms with Crippen LogP contribution in [0.1, 0.15) is 38.4 Å². The highest BCUT2D eigenvalue weighted by Crippen LogP contribution is 2.37. The molecule has 0 atom stereocenters. The van der Waals surface area contributed by atoms with Crippen LogP contribution in [0.25, 0.3) is 28.2 Å². The Balaban J connectivity index is 0.000000616.